The van der Waals surface area contributed by atoms with Crippen LogP contribution in [-0.4, -0.2) is 72.6 Å². The number of amides is 2. The number of hydrogen-bond donors (Lipinski definition) is 0. The molecular formula is C22H28N4O4. The van der Waals surface area contributed by atoms with Gasteiger partial charge >= 0.3 is 0 Å². The summed E-state index contributed by atoms with van der Waals surface area (Å²) in [5, 5.41) is 3.83. The average molecular weight is 412 g/mol. The number of anilines is 1. The van der Waals surface area contributed by atoms with Crippen molar-refractivity contribution in [3.05, 3.63) is 41.8 Å². The number of piperazine rings is 1. The minimum Gasteiger partial charge on any atom is -0.495 e. The van der Waals surface area contributed by atoms with E-state index in [0.29, 0.717) is 31.8 Å². The first kappa shape index (κ1) is 20.3. The Morgan fingerprint density at radius 3 is 2.63 bits per heavy atom. The van der Waals surface area contributed by atoms with Crippen LogP contribution in [0.2, 0.25) is 0 Å². The maximum atomic E-state index is 13.2. The second kappa shape index (κ2) is 8.77. The number of likely N-dealkylation sites (tertiary alicyclic amines) is 1. The van der Waals surface area contributed by atoms with Crippen LogP contribution < -0.4 is 9.64 Å². The topological polar surface area (TPSA) is 79.1 Å². The molecule has 8 nitrogen and oxygen atoms in total. The van der Waals surface area contributed by atoms with Gasteiger partial charge in [0.2, 0.25) is 11.8 Å². The van der Waals surface area contributed by atoms with E-state index in [0.717, 1.165) is 36.6 Å². The van der Waals surface area contributed by atoms with Crippen LogP contribution in [0.1, 0.15) is 24.3 Å². The molecule has 1 aromatic heterocycles. The Morgan fingerprint density at radius 1 is 1.17 bits per heavy atom. The number of nitrogens with zero attached hydrogens (tertiary/aromatic N) is 4. The second-order valence-corrected chi connectivity index (χ2v) is 7.84. The molecule has 2 aliphatic rings. The van der Waals surface area contributed by atoms with E-state index in [1.165, 1.54) is 0 Å². The minimum atomic E-state index is -0.376. The Hall–Kier alpha value is -3.03. The second-order valence-electron chi connectivity index (χ2n) is 7.84. The number of hydrogen-bond acceptors (Lipinski definition) is 6. The maximum Gasteiger partial charge on any atom is 0.245 e. The molecule has 0 saturated carbocycles. The van der Waals surface area contributed by atoms with Gasteiger partial charge in [-0.15, -0.1) is 0 Å². The van der Waals surface area contributed by atoms with Crippen LogP contribution in [0.4, 0.5) is 5.69 Å². The molecule has 2 saturated heterocycles. The van der Waals surface area contributed by atoms with Crippen molar-refractivity contribution in [1.29, 1.82) is 0 Å². The maximum absolute atomic E-state index is 13.2. The molecule has 0 aliphatic carbocycles. The van der Waals surface area contributed by atoms with Crippen LogP contribution in [-0.2, 0) is 16.0 Å². The highest BCUT2D eigenvalue weighted by Crippen LogP contribution is 2.29. The molecule has 4 rings (SSSR count). The molecule has 2 fully saturated rings. The van der Waals surface area contributed by atoms with Crippen molar-refractivity contribution in [3.63, 3.8) is 0 Å². The Morgan fingerprint density at radius 2 is 1.93 bits per heavy atom. The summed E-state index contributed by atoms with van der Waals surface area (Å²) in [6.07, 6.45) is 1.71. The van der Waals surface area contributed by atoms with Crippen molar-refractivity contribution in [2.24, 2.45) is 0 Å². The van der Waals surface area contributed by atoms with Crippen molar-refractivity contribution in [1.82, 2.24) is 15.0 Å². The van der Waals surface area contributed by atoms with E-state index in [2.05, 4.69) is 10.1 Å². The molecule has 2 amide bonds. The zero-order valence-corrected chi connectivity index (χ0v) is 17.5. The highest BCUT2D eigenvalue weighted by molar-refractivity contribution is 5.89. The Kier molecular flexibility index (Phi) is 5.92. The molecule has 1 atom stereocenters. The number of carbonyl (C=O) groups excluding carboxylic acids is 2. The van der Waals surface area contributed by atoms with Crippen molar-refractivity contribution in [3.8, 4) is 5.75 Å². The first-order valence-corrected chi connectivity index (χ1v) is 10.4. The molecule has 30 heavy (non-hydrogen) atoms. The van der Waals surface area contributed by atoms with Crippen molar-refractivity contribution in [2.45, 2.75) is 32.2 Å². The van der Waals surface area contributed by atoms with Gasteiger partial charge in [0.1, 0.15) is 17.6 Å². The SMILES string of the molecule is COc1ccccc1N1CCN(C(=O)C2CCCN2C(=O)Cc2cc(C)no2)CC1. The normalized spacial score (nSPS) is 19.3. The van der Waals surface area contributed by atoms with Crippen molar-refractivity contribution < 1.29 is 18.8 Å². The molecule has 3 heterocycles. The van der Waals surface area contributed by atoms with Gasteiger partial charge in [-0.1, -0.05) is 17.3 Å². The lowest BCUT2D eigenvalue weighted by molar-refractivity contribution is -0.143. The minimum absolute atomic E-state index is 0.0503. The van der Waals surface area contributed by atoms with E-state index >= 15 is 0 Å². The number of para-hydroxylation sites is 2. The zero-order chi connectivity index (χ0) is 21.1. The highest BCUT2D eigenvalue weighted by atomic mass is 16.5. The fourth-order valence-corrected chi connectivity index (χ4v) is 4.34. The zero-order valence-electron chi connectivity index (χ0n) is 17.5. The van der Waals surface area contributed by atoms with Crippen LogP contribution >= 0.6 is 0 Å². The van der Waals surface area contributed by atoms with E-state index < -0.39 is 0 Å². The largest absolute Gasteiger partial charge is 0.495 e. The first-order valence-electron chi connectivity index (χ1n) is 10.4. The van der Waals surface area contributed by atoms with Gasteiger partial charge in [-0.2, -0.15) is 0 Å². The lowest BCUT2D eigenvalue weighted by Crippen LogP contribution is -2.54. The van der Waals surface area contributed by atoms with Crippen LogP contribution in [0.15, 0.2) is 34.9 Å². The molecular weight excluding hydrogens is 384 g/mol. The molecule has 2 aliphatic heterocycles. The monoisotopic (exact) mass is 412 g/mol. The fourth-order valence-electron chi connectivity index (χ4n) is 4.34. The number of aromatic nitrogens is 1. The quantitative estimate of drug-likeness (QED) is 0.746. The van der Waals surface area contributed by atoms with Gasteiger partial charge in [0.15, 0.2) is 0 Å². The van der Waals surface area contributed by atoms with E-state index in [1.54, 1.807) is 18.1 Å². The third-order valence-electron chi connectivity index (χ3n) is 5.88. The molecule has 160 valence electrons. The predicted molar refractivity (Wildman–Crippen MR) is 111 cm³/mol. The first-order chi connectivity index (χ1) is 14.6. The summed E-state index contributed by atoms with van der Waals surface area (Å²) in [5.74, 6) is 1.36. The van der Waals surface area contributed by atoms with Gasteiger partial charge in [-0.05, 0) is 31.9 Å². The number of benzene rings is 1. The van der Waals surface area contributed by atoms with Crippen molar-refractivity contribution >= 4 is 17.5 Å². The molecule has 0 bridgehead atoms. The number of carbonyl (C=O) groups is 2. The molecule has 2 aromatic rings. The van der Waals surface area contributed by atoms with E-state index in [4.69, 9.17) is 9.26 Å². The number of rotatable bonds is 5. The van der Waals surface area contributed by atoms with Gasteiger partial charge < -0.3 is 24.0 Å². The number of ether oxygens (including phenoxy) is 1. The molecule has 0 radical (unpaired) electrons. The third kappa shape index (κ3) is 4.13. The highest BCUT2D eigenvalue weighted by Gasteiger charge is 2.37. The van der Waals surface area contributed by atoms with Crippen LogP contribution in [0, 0.1) is 6.92 Å². The Bertz CT molecular complexity index is 904. The molecule has 1 unspecified atom stereocenters. The van der Waals surface area contributed by atoms with Gasteiger partial charge in [0.25, 0.3) is 0 Å². The lowest BCUT2D eigenvalue weighted by atomic mass is 10.1. The fraction of sp³-hybridized carbons (Fsp3) is 0.500. The molecule has 0 spiro atoms. The summed E-state index contributed by atoms with van der Waals surface area (Å²) < 4.78 is 10.6. The summed E-state index contributed by atoms with van der Waals surface area (Å²) in [4.78, 5) is 31.8. The van der Waals surface area contributed by atoms with Gasteiger partial charge in [-0.25, -0.2) is 0 Å². The average Bonchev–Trinajstić information content (AvgIpc) is 3.42. The summed E-state index contributed by atoms with van der Waals surface area (Å²) in [6.45, 7) is 5.19. The smallest absolute Gasteiger partial charge is 0.245 e. The van der Waals surface area contributed by atoms with Gasteiger partial charge in [0.05, 0.1) is 24.9 Å². The van der Waals surface area contributed by atoms with E-state index in [9.17, 15) is 9.59 Å². The summed E-state index contributed by atoms with van der Waals surface area (Å²) in [5.41, 5.74) is 1.80. The Balaban J connectivity index is 1.36. The van der Waals surface area contributed by atoms with Gasteiger partial charge in [-0.3, -0.25) is 9.59 Å². The summed E-state index contributed by atoms with van der Waals surface area (Å²) in [7, 11) is 1.67. The Labute approximate surface area is 176 Å². The van der Waals surface area contributed by atoms with Gasteiger partial charge in [0, 0.05) is 38.8 Å². The third-order valence-corrected chi connectivity index (χ3v) is 5.88. The molecule has 0 N–H and O–H groups in total. The number of methoxy groups -OCH3 is 1. The lowest BCUT2D eigenvalue weighted by Gasteiger charge is -2.38. The van der Waals surface area contributed by atoms with E-state index in [1.807, 2.05) is 36.1 Å². The summed E-state index contributed by atoms with van der Waals surface area (Å²) >= 11 is 0. The van der Waals surface area contributed by atoms with Crippen molar-refractivity contribution in [2.75, 3.05) is 44.7 Å². The van der Waals surface area contributed by atoms with Crippen LogP contribution in [0.25, 0.3) is 0 Å². The predicted octanol–water partition coefficient (Wildman–Crippen LogP) is 1.87. The van der Waals surface area contributed by atoms with Crippen LogP contribution in [0.3, 0.4) is 0 Å². The standard InChI is InChI=1S/C22H28N4O4/c1-16-14-17(30-23-16)15-21(27)26-9-5-7-19(26)22(28)25-12-10-24(11-13-25)18-6-3-4-8-20(18)29-2/h3-4,6,8,14,19H,5,7,9-13,15H2,1-2H3. The van der Waals surface area contributed by atoms with Crippen LogP contribution in [0.5, 0.6) is 5.75 Å². The molecule has 8 heteroatoms. The summed E-state index contributed by atoms with van der Waals surface area (Å²) in [6, 6.07) is 9.33. The molecule has 1 aromatic carbocycles. The number of aryl methyl sites for hydroxylation is 1. The van der Waals surface area contributed by atoms with E-state index in [-0.39, 0.29) is 24.3 Å².